The maximum Gasteiger partial charge on any atom is 0.262 e. The van der Waals surface area contributed by atoms with Crippen LogP contribution in [0, 0.1) is 0 Å². The third-order valence-electron chi connectivity index (χ3n) is 5.61. The third kappa shape index (κ3) is 3.15. The lowest BCUT2D eigenvalue weighted by atomic mass is 10.2. The predicted octanol–water partition coefficient (Wildman–Crippen LogP) is 4.08. The van der Waals surface area contributed by atoms with E-state index in [0.717, 1.165) is 29.0 Å². The van der Waals surface area contributed by atoms with Gasteiger partial charge in [-0.3, -0.25) is 13.8 Å². The molecule has 1 N–H and O–H groups in total. The minimum Gasteiger partial charge on any atom is -0.375 e. The molecule has 0 saturated carbocycles. The van der Waals surface area contributed by atoms with Crippen LogP contribution in [-0.2, 0) is 19.5 Å². The maximum atomic E-state index is 12.9. The molecule has 0 saturated heterocycles. The molecule has 0 unspecified atom stereocenters. The lowest BCUT2D eigenvalue weighted by molar-refractivity contribution is 0.734. The molecule has 9 heteroatoms. The summed E-state index contributed by atoms with van der Waals surface area (Å²) < 4.78 is 5.44. The second-order valence-corrected chi connectivity index (χ2v) is 7.80. The van der Waals surface area contributed by atoms with E-state index in [1.165, 1.54) is 0 Å². The Hall–Kier alpha value is -3.65. The first kappa shape index (κ1) is 20.3. The zero-order chi connectivity index (χ0) is 22.2. The van der Waals surface area contributed by atoms with E-state index in [0.29, 0.717) is 35.1 Å². The second kappa shape index (κ2) is 8.12. The molecule has 0 spiro atoms. The highest BCUT2D eigenvalue weighted by molar-refractivity contribution is 6.32. The highest BCUT2D eigenvalue weighted by atomic mass is 35.5. The van der Waals surface area contributed by atoms with Crippen molar-refractivity contribution in [1.82, 2.24) is 28.9 Å². The summed E-state index contributed by atoms with van der Waals surface area (Å²) >= 11 is 6.39. The number of aryl methyl sites for hydroxylation is 1. The van der Waals surface area contributed by atoms with Gasteiger partial charge in [-0.05, 0) is 37.6 Å². The fourth-order valence-corrected chi connectivity index (χ4v) is 4.30. The molecule has 5 aromatic rings. The van der Waals surface area contributed by atoms with Gasteiger partial charge in [-0.25, -0.2) is 4.68 Å². The van der Waals surface area contributed by atoms with Crippen molar-refractivity contribution >= 4 is 34.0 Å². The number of benzene rings is 2. The Bertz CT molecular complexity index is 1500. The Morgan fingerprint density at radius 1 is 1.03 bits per heavy atom. The van der Waals surface area contributed by atoms with Crippen LogP contribution in [0.5, 0.6) is 0 Å². The average molecular weight is 448 g/mol. The summed E-state index contributed by atoms with van der Waals surface area (Å²) in [6, 6.07) is 15.2. The number of aromatic nitrogens is 6. The highest BCUT2D eigenvalue weighted by Gasteiger charge is 2.17. The molecule has 0 radical (unpaired) electrons. The number of para-hydroxylation sites is 2. The van der Waals surface area contributed by atoms with Crippen LogP contribution in [0.4, 0.5) is 5.69 Å². The molecule has 0 fully saturated rings. The van der Waals surface area contributed by atoms with Gasteiger partial charge in [-0.1, -0.05) is 42.8 Å². The second-order valence-electron chi connectivity index (χ2n) is 7.39. The van der Waals surface area contributed by atoms with Crippen LogP contribution in [0.1, 0.15) is 25.4 Å². The van der Waals surface area contributed by atoms with Crippen LogP contribution in [0.3, 0.4) is 0 Å². The van der Waals surface area contributed by atoms with Crippen molar-refractivity contribution in [2.45, 2.75) is 33.4 Å². The van der Waals surface area contributed by atoms with E-state index in [-0.39, 0.29) is 5.56 Å². The van der Waals surface area contributed by atoms with Gasteiger partial charge in [0.2, 0.25) is 5.78 Å². The van der Waals surface area contributed by atoms with Crippen LogP contribution >= 0.6 is 11.6 Å². The summed E-state index contributed by atoms with van der Waals surface area (Å²) in [4.78, 5) is 12.9. The molecule has 5 rings (SSSR count). The molecule has 2 aromatic carbocycles. The first-order chi connectivity index (χ1) is 15.6. The number of nitrogens with zero attached hydrogens (tertiary/aromatic N) is 6. The van der Waals surface area contributed by atoms with Gasteiger partial charge in [0.25, 0.3) is 5.56 Å². The molecule has 0 bridgehead atoms. The van der Waals surface area contributed by atoms with Crippen LogP contribution in [-0.4, -0.2) is 28.9 Å². The minimum atomic E-state index is -0.0585. The number of hydrogen-bond donors (Lipinski definition) is 1. The molecule has 0 aliphatic rings. The Morgan fingerprint density at radius 2 is 1.81 bits per heavy atom. The first-order valence-corrected chi connectivity index (χ1v) is 10.9. The van der Waals surface area contributed by atoms with Crippen molar-refractivity contribution in [2.75, 3.05) is 5.32 Å². The molecule has 0 aliphatic carbocycles. The minimum absolute atomic E-state index is 0.0585. The first-order valence-electron chi connectivity index (χ1n) is 10.5. The number of hydrogen-bond acceptors (Lipinski definition) is 5. The van der Waals surface area contributed by atoms with Gasteiger partial charge in [-0.15, -0.1) is 10.2 Å². The van der Waals surface area contributed by atoms with Crippen molar-refractivity contribution in [1.29, 1.82) is 0 Å². The standard InChI is InChI=1S/C23H22ClN7O/c1-3-18-17(13-26-31(18)20-12-8-6-10-16(20)24)25-14-21-27-28-23-29(4-2)22(32)15-9-5-7-11-19(15)30(21)23/h5-13,25H,3-4,14H2,1-2H3. The van der Waals surface area contributed by atoms with Gasteiger partial charge < -0.3 is 5.32 Å². The quantitative estimate of drug-likeness (QED) is 0.424. The molecule has 0 amide bonds. The van der Waals surface area contributed by atoms with Gasteiger partial charge in [-0.2, -0.15) is 5.10 Å². The predicted molar refractivity (Wildman–Crippen MR) is 126 cm³/mol. The summed E-state index contributed by atoms with van der Waals surface area (Å²) in [6.45, 7) is 4.95. The summed E-state index contributed by atoms with van der Waals surface area (Å²) in [7, 11) is 0. The number of rotatable bonds is 6. The summed E-state index contributed by atoms with van der Waals surface area (Å²) in [5, 5.41) is 18.0. The average Bonchev–Trinajstić information content (AvgIpc) is 3.42. The lowest BCUT2D eigenvalue weighted by Crippen LogP contribution is -2.23. The van der Waals surface area contributed by atoms with Crippen LogP contribution in [0.25, 0.3) is 22.4 Å². The van der Waals surface area contributed by atoms with E-state index in [1.54, 1.807) is 10.8 Å². The summed E-state index contributed by atoms with van der Waals surface area (Å²) in [5.41, 5.74) is 3.49. The molecular formula is C23H22ClN7O. The number of fused-ring (bicyclic) bond motifs is 3. The Morgan fingerprint density at radius 3 is 2.59 bits per heavy atom. The normalized spacial score (nSPS) is 11.5. The zero-order valence-electron chi connectivity index (χ0n) is 17.8. The van der Waals surface area contributed by atoms with Gasteiger partial charge in [0.1, 0.15) is 0 Å². The fraction of sp³-hybridized carbons (Fsp3) is 0.217. The van der Waals surface area contributed by atoms with E-state index in [1.807, 2.05) is 64.5 Å². The van der Waals surface area contributed by atoms with Gasteiger partial charge >= 0.3 is 0 Å². The molecular weight excluding hydrogens is 426 g/mol. The maximum absolute atomic E-state index is 12.9. The monoisotopic (exact) mass is 447 g/mol. The Balaban J connectivity index is 1.55. The Labute approximate surface area is 189 Å². The van der Waals surface area contributed by atoms with E-state index >= 15 is 0 Å². The summed E-state index contributed by atoms with van der Waals surface area (Å²) in [5.74, 6) is 1.25. The van der Waals surface area contributed by atoms with Crippen molar-refractivity contribution in [3.8, 4) is 5.69 Å². The van der Waals surface area contributed by atoms with Crippen molar-refractivity contribution in [3.63, 3.8) is 0 Å². The molecule has 0 atom stereocenters. The molecule has 0 aliphatic heterocycles. The van der Waals surface area contributed by atoms with Crippen LogP contribution in [0.15, 0.2) is 59.5 Å². The smallest absolute Gasteiger partial charge is 0.262 e. The zero-order valence-corrected chi connectivity index (χ0v) is 18.5. The number of nitrogens with one attached hydrogen (secondary N) is 1. The highest BCUT2D eigenvalue weighted by Crippen LogP contribution is 2.25. The molecule has 3 aromatic heterocycles. The number of halogens is 1. The van der Waals surface area contributed by atoms with E-state index in [9.17, 15) is 4.79 Å². The lowest BCUT2D eigenvalue weighted by Gasteiger charge is -2.11. The summed E-state index contributed by atoms with van der Waals surface area (Å²) in [6.07, 6.45) is 2.57. The largest absolute Gasteiger partial charge is 0.375 e. The number of anilines is 1. The van der Waals surface area contributed by atoms with E-state index in [4.69, 9.17) is 11.6 Å². The van der Waals surface area contributed by atoms with Gasteiger partial charge in [0.15, 0.2) is 5.82 Å². The van der Waals surface area contributed by atoms with E-state index in [2.05, 4.69) is 27.5 Å². The van der Waals surface area contributed by atoms with Crippen molar-refractivity contribution in [2.24, 2.45) is 0 Å². The topological polar surface area (TPSA) is 82.0 Å². The molecule has 32 heavy (non-hydrogen) atoms. The van der Waals surface area contributed by atoms with Crippen LogP contribution in [0.2, 0.25) is 5.02 Å². The fourth-order valence-electron chi connectivity index (χ4n) is 4.08. The SMILES string of the molecule is CCc1c(NCc2nnc3n(CC)c(=O)c4ccccc4n23)cnn1-c1ccccc1Cl. The molecule has 162 valence electrons. The third-order valence-corrected chi connectivity index (χ3v) is 5.93. The molecule has 3 heterocycles. The van der Waals surface area contributed by atoms with Crippen LogP contribution < -0.4 is 10.9 Å². The van der Waals surface area contributed by atoms with Crippen molar-refractivity contribution in [3.05, 3.63) is 81.6 Å². The van der Waals surface area contributed by atoms with E-state index < -0.39 is 0 Å². The van der Waals surface area contributed by atoms with Gasteiger partial charge in [0.05, 0.1) is 45.7 Å². The molecule has 8 nitrogen and oxygen atoms in total. The van der Waals surface area contributed by atoms with Gasteiger partial charge in [0, 0.05) is 6.54 Å². The Kier molecular flexibility index (Phi) is 5.14. The van der Waals surface area contributed by atoms with Crippen molar-refractivity contribution < 1.29 is 0 Å².